The summed E-state index contributed by atoms with van der Waals surface area (Å²) in [6.07, 6.45) is 1.75. The van der Waals surface area contributed by atoms with Gasteiger partial charge in [0.25, 0.3) is 0 Å². The molecule has 0 spiro atoms. The second-order valence-electron chi connectivity index (χ2n) is 5.05. The van der Waals surface area contributed by atoms with Crippen molar-refractivity contribution in [3.05, 3.63) is 63.4 Å². The smallest absolute Gasteiger partial charge is 0.204 e. The van der Waals surface area contributed by atoms with Gasteiger partial charge in [-0.25, -0.2) is 4.98 Å². The molecule has 0 saturated heterocycles. The van der Waals surface area contributed by atoms with E-state index in [2.05, 4.69) is 50.5 Å². The van der Waals surface area contributed by atoms with Gasteiger partial charge in [0, 0.05) is 10.4 Å². The first kappa shape index (κ1) is 16.7. The summed E-state index contributed by atoms with van der Waals surface area (Å²) in [7, 11) is 1.64. The monoisotopic (exact) mass is 401 g/mol. The predicted molar refractivity (Wildman–Crippen MR) is 104 cm³/mol. The number of nitrogens with one attached hydrogen (secondary N) is 1. The fourth-order valence-electron chi connectivity index (χ4n) is 2.23. The number of rotatable bonds is 5. The molecule has 0 aliphatic carbocycles. The summed E-state index contributed by atoms with van der Waals surface area (Å²) in [6, 6.07) is 15.9. The average molecular weight is 402 g/mol. The largest absolute Gasteiger partial charge is 0.496 e. The topological polar surface area (TPSA) is 46.5 Å². The summed E-state index contributed by atoms with van der Waals surface area (Å²) in [5.74, 6) is 0.795. The van der Waals surface area contributed by atoms with Crippen molar-refractivity contribution < 1.29 is 4.74 Å². The van der Waals surface area contributed by atoms with Gasteiger partial charge in [0.15, 0.2) is 0 Å². The van der Waals surface area contributed by atoms with E-state index in [1.807, 2.05) is 36.4 Å². The molecule has 0 aliphatic heterocycles. The summed E-state index contributed by atoms with van der Waals surface area (Å²) in [6.45, 7) is 2.06. The van der Waals surface area contributed by atoms with E-state index in [1.54, 1.807) is 24.7 Å². The van der Waals surface area contributed by atoms with E-state index in [-0.39, 0.29) is 0 Å². The maximum atomic E-state index is 5.22. The van der Waals surface area contributed by atoms with E-state index in [9.17, 15) is 0 Å². The Labute approximate surface area is 153 Å². The summed E-state index contributed by atoms with van der Waals surface area (Å²) >= 11 is 5.05. The standard InChI is InChI=1S/C18H16BrN3OS/c1-12-17(14-6-4-3-5-7-14)21-18(24-12)22-20-11-13-8-9-16(23-2)15(19)10-13/h3-11H,1-2H3,(H,21,22). The number of thiazole rings is 1. The number of aryl methyl sites for hydroxylation is 1. The Morgan fingerprint density at radius 1 is 1.21 bits per heavy atom. The minimum atomic E-state index is 0.773. The molecule has 0 aliphatic rings. The van der Waals surface area contributed by atoms with Crippen LogP contribution in [0.4, 0.5) is 5.13 Å². The number of benzene rings is 2. The van der Waals surface area contributed by atoms with Gasteiger partial charge in [-0.2, -0.15) is 5.10 Å². The van der Waals surface area contributed by atoms with E-state index >= 15 is 0 Å². The molecule has 6 heteroatoms. The normalized spacial score (nSPS) is 11.0. The third kappa shape index (κ3) is 3.83. The molecule has 3 rings (SSSR count). The van der Waals surface area contributed by atoms with Crippen molar-refractivity contribution in [2.75, 3.05) is 12.5 Å². The van der Waals surface area contributed by atoms with Crippen LogP contribution in [0.2, 0.25) is 0 Å². The molecule has 2 aromatic carbocycles. The summed E-state index contributed by atoms with van der Waals surface area (Å²) in [5.41, 5.74) is 6.07. The highest BCUT2D eigenvalue weighted by Gasteiger charge is 2.08. The van der Waals surface area contributed by atoms with Crippen molar-refractivity contribution in [2.45, 2.75) is 6.92 Å². The molecule has 0 amide bonds. The van der Waals surface area contributed by atoms with Gasteiger partial charge >= 0.3 is 0 Å². The number of ether oxygens (including phenoxy) is 1. The zero-order valence-corrected chi connectivity index (χ0v) is 15.7. The van der Waals surface area contributed by atoms with E-state index in [1.165, 1.54) is 0 Å². The Hall–Kier alpha value is -2.18. The molecule has 1 heterocycles. The Kier molecular flexibility index (Phi) is 5.27. The molecule has 0 fully saturated rings. The molecule has 1 N–H and O–H groups in total. The van der Waals surface area contributed by atoms with Gasteiger partial charge in [-0.15, -0.1) is 11.3 Å². The lowest BCUT2D eigenvalue weighted by atomic mass is 10.1. The molecule has 0 radical (unpaired) electrons. The van der Waals surface area contributed by atoms with Crippen molar-refractivity contribution in [1.29, 1.82) is 0 Å². The zero-order valence-electron chi connectivity index (χ0n) is 13.3. The van der Waals surface area contributed by atoms with E-state index in [0.717, 1.165) is 37.1 Å². The zero-order chi connectivity index (χ0) is 16.9. The number of hydrogen-bond acceptors (Lipinski definition) is 5. The molecule has 1 aromatic heterocycles. The molecular formula is C18H16BrN3OS. The first-order chi connectivity index (χ1) is 11.7. The Bertz CT molecular complexity index is 862. The van der Waals surface area contributed by atoms with Crippen molar-refractivity contribution in [2.24, 2.45) is 5.10 Å². The second-order valence-corrected chi connectivity index (χ2v) is 7.11. The van der Waals surface area contributed by atoms with Gasteiger partial charge in [0.1, 0.15) is 5.75 Å². The molecule has 0 unspecified atom stereocenters. The van der Waals surface area contributed by atoms with E-state index in [0.29, 0.717) is 0 Å². The minimum Gasteiger partial charge on any atom is -0.496 e. The van der Waals surface area contributed by atoms with Crippen LogP contribution in [0.3, 0.4) is 0 Å². The third-order valence-corrected chi connectivity index (χ3v) is 4.89. The van der Waals surface area contributed by atoms with Crippen LogP contribution in [-0.2, 0) is 0 Å². The first-order valence-electron chi connectivity index (χ1n) is 7.33. The molecule has 0 saturated carbocycles. The van der Waals surface area contributed by atoms with Gasteiger partial charge in [0.2, 0.25) is 5.13 Å². The van der Waals surface area contributed by atoms with Gasteiger partial charge in [-0.05, 0) is 46.6 Å². The molecule has 0 bridgehead atoms. The van der Waals surface area contributed by atoms with Crippen LogP contribution >= 0.6 is 27.3 Å². The number of hydrazone groups is 1. The van der Waals surface area contributed by atoms with Gasteiger partial charge in [0.05, 0.1) is 23.5 Å². The number of halogens is 1. The Balaban J connectivity index is 1.72. The fourth-order valence-corrected chi connectivity index (χ4v) is 3.58. The van der Waals surface area contributed by atoms with Crippen molar-refractivity contribution >= 4 is 38.6 Å². The number of anilines is 1. The molecule has 122 valence electrons. The minimum absolute atomic E-state index is 0.773. The Morgan fingerprint density at radius 3 is 2.71 bits per heavy atom. The second kappa shape index (κ2) is 7.59. The number of nitrogens with zero attached hydrogens (tertiary/aromatic N) is 2. The molecule has 24 heavy (non-hydrogen) atoms. The quantitative estimate of drug-likeness (QED) is 0.463. The van der Waals surface area contributed by atoms with Crippen LogP contribution in [0, 0.1) is 6.92 Å². The lowest BCUT2D eigenvalue weighted by molar-refractivity contribution is 0.412. The van der Waals surface area contributed by atoms with Crippen LogP contribution < -0.4 is 10.2 Å². The highest BCUT2D eigenvalue weighted by molar-refractivity contribution is 9.10. The fraction of sp³-hybridized carbons (Fsp3) is 0.111. The van der Waals surface area contributed by atoms with Crippen LogP contribution in [0.5, 0.6) is 5.75 Å². The van der Waals surface area contributed by atoms with Crippen molar-refractivity contribution in [1.82, 2.24) is 4.98 Å². The highest BCUT2D eigenvalue weighted by Crippen LogP contribution is 2.30. The van der Waals surface area contributed by atoms with E-state index < -0.39 is 0 Å². The number of aromatic nitrogens is 1. The average Bonchev–Trinajstić information content (AvgIpc) is 2.96. The van der Waals surface area contributed by atoms with Gasteiger partial charge < -0.3 is 4.74 Å². The maximum Gasteiger partial charge on any atom is 0.204 e. The lowest BCUT2D eigenvalue weighted by Gasteiger charge is -2.03. The molecule has 4 nitrogen and oxygen atoms in total. The summed E-state index contributed by atoms with van der Waals surface area (Å²) in [5, 5.41) is 5.04. The first-order valence-corrected chi connectivity index (χ1v) is 8.94. The van der Waals surface area contributed by atoms with Gasteiger partial charge in [-0.1, -0.05) is 30.3 Å². The lowest BCUT2D eigenvalue weighted by Crippen LogP contribution is -1.91. The number of hydrogen-bond donors (Lipinski definition) is 1. The molecule has 0 atom stereocenters. The van der Waals surface area contributed by atoms with Crippen LogP contribution in [0.15, 0.2) is 58.1 Å². The van der Waals surface area contributed by atoms with Crippen molar-refractivity contribution in [3.63, 3.8) is 0 Å². The van der Waals surface area contributed by atoms with Crippen LogP contribution in [-0.4, -0.2) is 18.3 Å². The number of methoxy groups -OCH3 is 1. The molecular weight excluding hydrogens is 386 g/mol. The van der Waals surface area contributed by atoms with Crippen LogP contribution in [0.1, 0.15) is 10.4 Å². The predicted octanol–water partition coefficient (Wildman–Crippen LogP) is 5.34. The third-order valence-electron chi connectivity index (χ3n) is 3.39. The van der Waals surface area contributed by atoms with Crippen molar-refractivity contribution in [3.8, 4) is 17.0 Å². The summed E-state index contributed by atoms with van der Waals surface area (Å²) in [4.78, 5) is 5.78. The molecule has 3 aromatic rings. The van der Waals surface area contributed by atoms with Crippen LogP contribution in [0.25, 0.3) is 11.3 Å². The SMILES string of the molecule is COc1ccc(C=NNc2nc(-c3ccccc3)c(C)s2)cc1Br. The highest BCUT2D eigenvalue weighted by atomic mass is 79.9. The Morgan fingerprint density at radius 2 is 2.00 bits per heavy atom. The van der Waals surface area contributed by atoms with Gasteiger partial charge in [-0.3, -0.25) is 5.43 Å². The maximum absolute atomic E-state index is 5.22. The summed E-state index contributed by atoms with van der Waals surface area (Å²) < 4.78 is 6.11. The van der Waals surface area contributed by atoms with E-state index in [4.69, 9.17) is 4.74 Å².